The van der Waals surface area contributed by atoms with Crippen molar-refractivity contribution in [2.24, 2.45) is 0 Å². The molecule has 0 radical (unpaired) electrons. The number of ether oxygens (including phenoxy) is 1. The Balaban J connectivity index is 1.46. The molecule has 2 aromatic heterocycles. The average Bonchev–Trinajstić information content (AvgIpc) is 3.51. The smallest absolute Gasteiger partial charge is 0.273 e. The van der Waals surface area contributed by atoms with E-state index >= 15 is 0 Å². The summed E-state index contributed by atoms with van der Waals surface area (Å²) in [5.41, 5.74) is 1.27. The number of aromatic nitrogens is 3. The van der Waals surface area contributed by atoms with E-state index < -0.39 is 36.0 Å². The molecule has 1 aliphatic carbocycles. The number of nitrogens with zero attached hydrogens (tertiary/aromatic N) is 4. The summed E-state index contributed by atoms with van der Waals surface area (Å²) >= 11 is 0. The van der Waals surface area contributed by atoms with Gasteiger partial charge in [0.2, 0.25) is 10.0 Å². The summed E-state index contributed by atoms with van der Waals surface area (Å²) in [6.45, 7) is 9.71. The number of fused-ring (bicyclic) bond motifs is 2. The van der Waals surface area contributed by atoms with Gasteiger partial charge in [-0.15, -0.1) is 0 Å². The van der Waals surface area contributed by atoms with Gasteiger partial charge in [-0.05, 0) is 43.4 Å². The van der Waals surface area contributed by atoms with Crippen molar-refractivity contribution in [3.8, 4) is 0 Å². The Hall–Kier alpha value is -2.94. The first-order valence-corrected chi connectivity index (χ1v) is 20.6. The third-order valence-electron chi connectivity index (χ3n) is 8.61. The number of carbonyl (C=O) groups is 1. The lowest BCUT2D eigenvalue weighted by atomic mass is 9.97. The number of piperidine rings is 1. The van der Waals surface area contributed by atoms with Crippen molar-refractivity contribution in [3.05, 3.63) is 63.2 Å². The minimum Gasteiger partial charge on any atom is -0.360 e. The minimum absolute atomic E-state index is 0.000320. The van der Waals surface area contributed by atoms with Crippen LogP contribution in [0.25, 0.3) is 10.9 Å². The van der Waals surface area contributed by atoms with E-state index in [1.54, 1.807) is 25.3 Å². The number of pyridine rings is 1. The fourth-order valence-electron chi connectivity index (χ4n) is 6.07. The van der Waals surface area contributed by atoms with Gasteiger partial charge in [-0.3, -0.25) is 9.59 Å². The molecule has 1 saturated heterocycles. The Morgan fingerprint density at radius 3 is 2.57 bits per heavy atom. The van der Waals surface area contributed by atoms with Crippen LogP contribution < -0.4 is 10.9 Å². The molecule has 240 valence electrons. The first kappa shape index (κ1) is 32.5. The lowest BCUT2D eigenvalue weighted by Gasteiger charge is -2.31. The number of hydrogen-bond acceptors (Lipinski definition) is 6. The number of rotatable bonds is 10. The molecule has 44 heavy (non-hydrogen) atoms. The van der Waals surface area contributed by atoms with Crippen molar-refractivity contribution < 1.29 is 26.7 Å². The summed E-state index contributed by atoms with van der Waals surface area (Å²) in [7, 11) is -4.66. The molecule has 0 spiro atoms. The zero-order valence-electron chi connectivity index (χ0n) is 25.9. The first-order valence-electron chi connectivity index (χ1n) is 15.0. The van der Waals surface area contributed by atoms with Crippen LogP contribution in [0.5, 0.6) is 0 Å². The number of amides is 1. The molecule has 1 aliphatic heterocycles. The Morgan fingerprint density at radius 1 is 1.20 bits per heavy atom. The van der Waals surface area contributed by atoms with Crippen LogP contribution in [-0.4, -0.2) is 67.0 Å². The van der Waals surface area contributed by atoms with Crippen LogP contribution >= 0.6 is 0 Å². The number of sulfonamides is 1. The van der Waals surface area contributed by atoms with Gasteiger partial charge < -0.3 is 14.6 Å². The predicted molar refractivity (Wildman–Crippen MR) is 167 cm³/mol. The molecule has 10 nitrogen and oxygen atoms in total. The van der Waals surface area contributed by atoms with Gasteiger partial charge in [0.15, 0.2) is 0 Å². The summed E-state index contributed by atoms with van der Waals surface area (Å²) in [4.78, 5) is 27.6. The van der Waals surface area contributed by atoms with Crippen LogP contribution in [0.2, 0.25) is 25.7 Å². The second-order valence-corrected chi connectivity index (χ2v) is 20.8. The number of hydrogen-bond donors (Lipinski definition) is 1. The molecule has 3 aromatic rings. The zero-order valence-corrected chi connectivity index (χ0v) is 27.7. The summed E-state index contributed by atoms with van der Waals surface area (Å²) in [5.74, 6) is -3.38. The second kappa shape index (κ2) is 12.1. The highest BCUT2D eigenvalue weighted by Crippen LogP contribution is 2.43. The summed E-state index contributed by atoms with van der Waals surface area (Å²) in [5, 5.41) is 7.77. The van der Waals surface area contributed by atoms with Crippen molar-refractivity contribution in [1.82, 2.24) is 24.0 Å². The van der Waals surface area contributed by atoms with Gasteiger partial charge in [-0.25, -0.2) is 26.2 Å². The van der Waals surface area contributed by atoms with Gasteiger partial charge in [0.25, 0.3) is 17.4 Å². The highest BCUT2D eigenvalue weighted by atomic mass is 32.2. The number of carbonyl (C=O) groups excluding carboxylic acids is 1. The average molecular weight is 650 g/mol. The fraction of sp³-hybridized carbons (Fsp3) is 0.567. The van der Waals surface area contributed by atoms with Crippen molar-refractivity contribution >= 4 is 34.9 Å². The lowest BCUT2D eigenvalue weighted by molar-refractivity contribution is -0.00185. The van der Waals surface area contributed by atoms with Gasteiger partial charge in [-0.1, -0.05) is 37.8 Å². The summed E-state index contributed by atoms with van der Waals surface area (Å²) < 4.78 is 63.2. The summed E-state index contributed by atoms with van der Waals surface area (Å²) in [6, 6.07) is 4.85. The zero-order chi connectivity index (χ0) is 32.0. The van der Waals surface area contributed by atoms with Crippen LogP contribution in [0.3, 0.4) is 0 Å². The SMILES string of the molecule is C[C@@H](NC(=O)c1cn(C2CCN(S(C)(=O)=O)CC2)c(=O)c2cn(COCC[Si](C)(C)C)nc12)c1cccc2c1CCC2(F)F. The van der Waals surface area contributed by atoms with Crippen LogP contribution in [0.4, 0.5) is 8.78 Å². The van der Waals surface area contributed by atoms with Gasteiger partial charge >= 0.3 is 0 Å². The van der Waals surface area contributed by atoms with Crippen LogP contribution in [0, 0.1) is 0 Å². The largest absolute Gasteiger partial charge is 0.360 e. The maximum Gasteiger partial charge on any atom is 0.273 e. The van der Waals surface area contributed by atoms with E-state index in [2.05, 4.69) is 30.1 Å². The Labute approximate surface area is 257 Å². The third-order valence-corrected chi connectivity index (χ3v) is 11.6. The van der Waals surface area contributed by atoms with E-state index in [1.807, 2.05) is 0 Å². The number of halogens is 2. The topological polar surface area (TPSA) is 116 Å². The van der Waals surface area contributed by atoms with E-state index in [0.29, 0.717) is 30.6 Å². The molecule has 2 aliphatic rings. The first-order chi connectivity index (χ1) is 20.5. The maximum atomic E-state index is 14.4. The molecule has 1 aromatic carbocycles. The van der Waals surface area contributed by atoms with E-state index in [4.69, 9.17) is 4.74 Å². The highest BCUT2D eigenvalue weighted by molar-refractivity contribution is 7.88. The molecule has 1 N–H and O–H groups in total. The number of benzene rings is 1. The van der Waals surface area contributed by atoms with Gasteiger partial charge in [0.05, 0.1) is 23.2 Å². The molecule has 14 heteroatoms. The Bertz CT molecular complexity index is 1730. The number of alkyl halides is 2. The monoisotopic (exact) mass is 649 g/mol. The fourth-order valence-corrected chi connectivity index (χ4v) is 7.70. The van der Waals surface area contributed by atoms with Crippen molar-refractivity contribution in [3.63, 3.8) is 0 Å². The minimum atomic E-state index is -3.36. The van der Waals surface area contributed by atoms with E-state index in [-0.39, 0.29) is 66.3 Å². The summed E-state index contributed by atoms with van der Waals surface area (Å²) in [6.07, 6.45) is 5.03. The van der Waals surface area contributed by atoms with Crippen molar-refractivity contribution in [1.29, 1.82) is 0 Å². The normalized spacial score (nSPS) is 18.4. The van der Waals surface area contributed by atoms with Crippen LogP contribution in [-0.2, 0) is 33.8 Å². The van der Waals surface area contributed by atoms with Gasteiger partial charge in [0, 0.05) is 58.2 Å². The molecule has 0 unspecified atom stereocenters. The van der Waals surface area contributed by atoms with Gasteiger partial charge in [-0.2, -0.15) is 5.10 Å². The van der Waals surface area contributed by atoms with Crippen LogP contribution in [0.15, 0.2) is 35.4 Å². The molecule has 1 fully saturated rings. The van der Waals surface area contributed by atoms with Gasteiger partial charge in [0.1, 0.15) is 12.2 Å². The van der Waals surface area contributed by atoms with E-state index in [9.17, 15) is 26.8 Å². The predicted octanol–water partition coefficient (Wildman–Crippen LogP) is 4.64. The molecular weight excluding hydrogens is 609 g/mol. The molecule has 1 atom stereocenters. The lowest BCUT2D eigenvalue weighted by Crippen LogP contribution is -2.40. The molecule has 5 rings (SSSR count). The van der Waals surface area contributed by atoms with Crippen molar-refractivity contribution in [2.45, 2.75) is 83.0 Å². The maximum absolute atomic E-state index is 14.4. The van der Waals surface area contributed by atoms with Crippen molar-refractivity contribution in [2.75, 3.05) is 26.0 Å². The van der Waals surface area contributed by atoms with E-state index in [1.165, 1.54) is 32.1 Å². The molecular formula is C30H41F2N5O5SSi. The Morgan fingerprint density at radius 2 is 1.91 bits per heavy atom. The number of nitrogens with one attached hydrogen (secondary N) is 1. The highest BCUT2D eigenvalue weighted by Gasteiger charge is 2.40. The molecule has 3 heterocycles. The quantitative estimate of drug-likeness (QED) is 0.253. The third kappa shape index (κ3) is 6.82. The van der Waals surface area contributed by atoms with E-state index in [0.717, 1.165) is 6.04 Å². The molecule has 0 saturated carbocycles. The molecule has 1 amide bonds. The molecule has 0 bridgehead atoms. The standard InChI is InChI=1S/C30H41F2N5O5SSi/c1-20(22-7-6-8-26-23(22)9-12-30(26,31)32)33-28(38)24-18-37(21-10-13-36(14-11-21)43(2,40)41)29(39)25-17-35(34-27(24)25)19-42-15-16-44(3,4)5/h6-8,17-18,20-21H,9-16,19H2,1-5H3,(H,33,38)/t20-/m1/s1. The van der Waals surface area contributed by atoms with Crippen LogP contribution in [0.1, 0.15) is 65.3 Å². The Kier molecular flexibility index (Phi) is 8.93. The second-order valence-electron chi connectivity index (χ2n) is 13.2.